The Morgan fingerprint density at radius 1 is 1.53 bits per heavy atom. The molecule has 82 valence electrons. The highest BCUT2D eigenvalue weighted by molar-refractivity contribution is 5.90. The standard InChI is InChI=1S/C8H14N6O/c1-13-4-3-6(5-13)9-8(15)7-10-11-12-14(7)2/h6H,3-5H2,1-2H3,(H,9,15). The Balaban J connectivity index is 1.96. The number of hydrogen-bond acceptors (Lipinski definition) is 5. The van der Waals surface area contributed by atoms with Crippen molar-refractivity contribution in [3.05, 3.63) is 5.82 Å². The van der Waals surface area contributed by atoms with E-state index in [-0.39, 0.29) is 17.8 Å². The van der Waals surface area contributed by atoms with Crippen molar-refractivity contribution in [2.45, 2.75) is 12.5 Å². The van der Waals surface area contributed by atoms with Crippen LogP contribution in [0.1, 0.15) is 17.0 Å². The van der Waals surface area contributed by atoms with E-state index in [1.807, 2.05) is 7.05 Å². The molecule has 0 spiro atoms. The highest BCUT2D eigenvalue weighted by atomic mass is 16.2. The van der Waals surface area contributed by atoms with Gasteiger partial charge in [-0.15, -0.1) is 5.10 Å². The topological polar surface area (TPSA) is 75.9 Å². The van der Waals surface area contributed by atoms with Gasteiger partial charge in [-0.3, -0.25) is 4.79 Å². The van der Waals surface area contributed by atoms with Crippen LogP contribution in [0.3, 0.4) is 0 Å². The third kappa shape index (κ3) is 2.12. The molecule has 0 bridgehead atoms. The first-order chi connectivity index (χ1) is 7.16. The lowest BCUT2D eigenvalue weighted by Gasteiger charge is -2.11. The van der Waals surface area contributed by atoms with Gasteiger partial charge in [0.05, 0.1) is 0 Å². The van der Waals surface area contributed by atoms with E-state index < -0.39 is 0 Å². The average Bonchev–Trinajstić information content (AvgIpc) is 2.75. The van der Waals surface area contributed by atoms with E-state index in [0.717, 1.165) is 19.5 Å². The van der Waals surface area contributed by atoms with Crippen LogP contribution in [-0.4, -0.2) is 57.2 Å². The van der Waals surface area contributed by atoms with Crippen molar-refractivity contribution < 1.29 is 4.79 Å². The van der Waals surface area contributed by atoms with Crippen LogP contribution in [0.5, 0.6) is 0 Å². The molecule has 1 aromatic rings. The number of nitrogens with one attached hydrogen (secondary N) is 1. The first-order valence-corrected chi connectivity index (χ1v) is 4.88. The van der Waals surface area contributed by atoms with Crippen molar-refractivity contribution in [3.63, 3.8) is 0 Å². The number of carbonyl (C=O) groups excluding carboxylic acids is 1. The number of rotatable bonds is 2. The fraction of sp³-hybridized carbons (Fsp3) is 0.750. The molecular formula is C8H14N6O. The molecular weight excluding hydrogens is 196 g/mol. The molecule has 0 saturated carbocycles. The smallest absolute Gasteiger partial charge is 0.291 e. The van der Waals surface area contributed by atoms with E-state index in [9.17, 15) is 4.79 Å². The molecule has 1 aliphatic heterocycles. The highest BCUT2D eigenvalue weighted by Crippen LogP contribution is 2.06. The molecule has 1 atom stereocenters. The molecule has 15 heavy (non-hydrogen) atoms. The number of likely N-dealkylation sites (N-methyl/N-ethyl adjacent to an activating group) is 1. The van der Waals surface area contributed by atoms with E-state index in [1.54, 1.807) is 7.05 Å². The summed E-state index contributed by atoms with van der Waals surface area (Å²) in [6.45, 7) is 1.90. The number of carbonyl (C=O) groups is 1. The summed E-state index contributed by atoms with van der Waals surface area (Å²) in [6, 6.07) is 0.208. The monoisotopic (exact) mass is 210 g/mol. The third-order valence-corrected chi connectivity index (χ3v) is 2.55. The summed E-state index contributed by atoms with van der Waals surface area (Å²) in [6.07, 6.45) is 0.980. The second kappa shape index (κ2) is 3.93. The molecule has 7 heteroatoms. The first-order valence-electron chi connectivity index (χ1n) is 4.88. The molecule has 1 amide bonds. The zero-order valence-electron chi connectivity index (χ0n) is 8.84. The zero-order chi connectivity index (χ0) is 10.8. The van der Waals surface area contributed by atoms with Crippen LogP contribution < -0.4 is 5.32 Å². The molecule has 1 saturated heterocycles. The second-order valence-electron chi connectivity index (χ2n) is 3.85. The maximum Gasteiger partial charge on any atom is 0.291 e. The summed E-state index contributed by atoms with van der Waals surface area (Å²) in [4.78, 5) is 13.9. The molecule has 0 radical (unpaired) electrons. The van der Waals surface area contributed by atoms with Gasteiger partial charge in [0, 0.05) is 19.6 Å². The van der Waals surface area contributed by atoms with Gasteiger partial charge in [-0.1, -0.05) is 0 Å². The van der Waals surface area contributed by atoms with Crippen LogP contribution in [0.15, 0.2) is 0 Å². The van der Waals surface area contributed by atoms with Crippen LogP contribution in [0, 0.1) is 0 Å². The number of hydrogen-bond donors (Lipinski definition) is 1. The van der Waals surface area contributed by atoms with E-state index in [4.69, 9.17) is 0 Å². The number of aryl methyl sites for hydroxylation is 1. The predicted molar refractivity (Wildman–Crippen MR) is 52.2 cm³/mol. The van der Waals surface area contributed by atoms with Crippen molar-refractivity contribution in [1.29, 1.82) is 0 Å². The zero-order valence-corrected chi connectivity index (χ0v) is 8.84. The number of amides is 1. The van der Waals surface area contributed by atoms with Crippen molar-refractivity contribution in [2.75, 3.05) is 20.1 Å². The Labute approximate surface area is 87.4 Å². The van der Waals surface area contributed by atoms with Crippen LogP contribution in [0.4, 0.5) is 0 Å². The van der Waals surface area contributed by atoms with Crippen molar-refractivity contribution in [2.24, 2.45) is 7.05 Å². The van der Waals surface area contributed by atoms with Crippen molar-refractivity contribution in [3.8, 4) is 0 Å². The molecule has 2 rings (SSSR count). The van der Waals surface area contributed by atoms with Gasteiger partial charge in [0.25, 0.3) is 5.91 Å². The van der Waals surface area contributed by atoms with E-state index in [1.165, 1.54) is 4.68 Å². The van der Waals surface area contributed by atoms with Gasteiger partial charge < -0.3 is 10.2 Å². The van der Waals surface area contributed by atoms with E-state index in [0.29, 0.717) is 0 Å². The molecule has 1 aromatic heterocycles. The molecule has 7 nitrogen and oxygen atoms in total. The molecule has 2 heterocycles. The fourth-order valence-corrected chi connectivity index (χ4v) is 1.72. The minimum Gasteiger partial charge on any atom is -0.345 e. The number of aromatic nitrogens is 4. The summed E-state index contributed by atoms with van der Waals surface area (Å²) in [5.74, 6) is 0.0485. The van der Waals surface area contributed by atoms with Gasteiger partial charge in [-0.2, -0.15) is 0 Å². The molecule has 1 N–H and O–H groups in total. The van der Waals surface area contributed by atoms with E-state index >= 15 is 0 Å². The van der Waals surface area contributed by atoms with Crippen LogP contribution in [0.25, 0.3) is 0 Å². The first kappa shape index (κ1) is 10.0. The summed E-state index contributed by atoms with van der Waals surface area (Å²) in [5, 5.41) is 13.6. The highest BCUT2D eigenvalue weighted by Gasteiger charge is 2.23. The van der Waals surface area contributed by atoms with Crippen LogP contribution in [0.2, 0.25) is 0 Å². The SMILES string of the molecule is CN1CCC(NC(=O)c2nnnn2C)C1. The Morgan fingerprint density at radius 3 is 2.87 bits per heavy atom. The summed E-state index contributed by atoms with van der Waals surface area (Å²) < 4.78 is 1.37. The van der Waals surface area contributed by atoms with Crippen LogP contribution in [-0.2, 0) is 7.05 Å². The normalized spacial score (nSPS) is 21.9. The van der Waals surface area contributed by atoms with Gasteiger partial charge in [-0.05, 0) is 30.4 Å². The van der Waals surface area contributed by atoms with Gasteiger partial charge in [0.15, 0.2) is 0 Å². The Bertz CT molecular complexity index is 362. The number of nitrogens with zero attached hydrogens (tertiary/aromatic N) is 5. The Kier molecular flexibility index (Phi) is 2.63. The maximum atomic E-state index is 11.7. The quantitative estimate of drug-likeness (QED) is 0.652. The number of likely N-dealkylation sites (tertiary alicyclic amines) is 1. The van der Waals surface area contributed by atoms with Crippen molar-refractivity contribution >= 4 is 5.91 Å². The summed E-state index contributed by atoms with van der Waals surface area (Å²) in [7, 11) is 3.69. The number of tetrazole rings is 1. The molecule has 0 aliphatic carbocycles. The average molecular weight is 210 g/mol. The minimum atomic E-state index is -0.206. The third-order valence-electron chi connectivity index (χ3n) is 2.55. The van der Waals surface area contributed by atoms with Gasteiger partial charge in [-0.25, -0.2) is 4.68 Å². The molecule has 1 unspecified atom stereocenters. The maximum absolute atomic E-state index is 11.7. The lowest BCUT2D eigenvalue weighted by molar-refractivity contribution is 0.0923. The summed E-state index contributed by atoms with van der Waals surface area (Å²) in [5.41, 5.74) is 0. The summed E-state index contributed by atoms with van der Waals surface area (Å²) >= 11 is 0. The lowest BCUT2D eigenvalue weighted by Crippen LogP contribution is -2.37. The second-order valence-corrected chi connectivity index (χ2v) is 3.85. The van der Waals surface area contributed by atoms with E-state index in [2.05, 4.69) is 25.7 Å². The van der Waals surface area contributed by atoms with Crippen LogP contribution >= 0.6 is 0 Å². The lowest BCUT2D eigenvalue weighted by atomic mass is 10.2. The molecule has 1 fully saturated rings. The Morgan fingerprint density at radius 2 is 2.33 bits per heavy atom. The molecule has 0 aromatic carbocycles. The molecule has 1 aliphatic rings. The fourth-order valence-electron chi connectivity index (χ4n) is 1.72. The largest absolute Gasteiger partial charge is 0.345 e. The predicted octanol–water partition coefficient (Wildman–Crippen LogP) is -1.36. The Hall–Kier alpha value is -1.50. The van der Waals surface area contributed by atoms with Gasteiger partial charge >= 0.3 is 0 Å². The van der Waals surface area contributed by atoms with Gasteiger partial charge in [0.2, 0.25) is 5.82 Å². The van der Waals surface area contributed by atoms with Crippen molar-refractivity contribution in [1.82, 2.24) is 30.4 Å². The van der Waals surface area contributed by atoms with Gasteiger partial charge in [0.1, 0.15) is 0 Å². The minimum absolute atomic E-state index is 0.206.